The number of hydrogen-bond acceptors (Lipinski definition) is 4. The van der Waals surface area contributed by atoms with Crippen molar-refractivity contribution < 1.29 is 13.2 Å². The van der Waals surface area contributed by atoms with E-state index in [1.54, 1.807) is 12.1 Å². The summed E-state index contributed by atoms with van der Waals surface area (Å²) in [5, 5.41) is 5.83. The Labute approximate surface area is 131 Å². The number of amides is 1. The van der Waals surface area contributed by atoms with Crippen molar-refractivity contribution in [1.82, 2.24) is 14.9 Å². The molecule has 1 saturated heterocycles. The van der Waals surface area contributed by atoms with Crippen LogP contribution in [-0.2, 0) is 10.0 Å². The maximum Gasteiger partial charge on any atom is 0.251 e. The van der Waals surface area contributed by atoms with E-state index in [-0.39, 0.29) is 16.8 Å². The van der Waals surface area contributed by atoms with Gasteiger partial charge in [0, 0.05) is 31.2 Å². The van der Waals surface area contributed by atoms with E-state index in [2.05, 4.69) is 10.6 Å². The number of sulfonamides is 1. The molecule has 2 N–H and O–H groups in total. The zero-order chi connectivity index (χ0) is 16.2. The lowest BCUT2D eigenvalue weighted by molar-refractivity contribution is 0.0950. The Balaban J connectivity index is 2.05. The smallest absolute Gasteiger partial charge is 0.251 e. The molecule has 1 aliphatic heterocycles. The summed E-state index contributed by atoms with van der Waals surface area (Å²) in [6, 6.07) is 6.30. The lowest BCUT2D eigenvalue weighted by Crippen LogP contribution is -2.37. The first-order chi connectivity index (χ1) is 10.4. The molecule has 0 bridgehead atoms. The first-order valence-electron chi connectivity index (χ1n) is 7.51. The van der Waals surface area contributed by atoms with Crippen molar-refractivity contribution in [3.63, 3.8) is 0 Å². The van der Waals surface area contributed by atoms with Gasteiger partial charge in [-0.2, -0.15) is 4.31 Å². The molecule has 1 aromatic rings. The van der Waals surface area contributed by atoms with Crippen LogP contribution in [0.4, 0.5) is 0 Å². The van der Waals surface area contributed by atoms with Crippen LogP contribution in [0.1, 0.15) is 30.1 Å². The number of likely N-dealkylation sites (N-methyl/N-ethyl adjacent to an activating group) is 1. The summed E-state index contributed by atoms with van der Waals surface area (Å²) < 4.78 is 26.3. The molecule has 7 heteroatoms. The SMILES string of the molecule is CNC(C)CNC(=O)c1ccc(S(=O)(=O)N2CCCC2)cc1. The number of nitrogens with zero attached hydrogens (tertiary/aromatic N) is 1. The maximum atomic E-state index is 12.4. The van der Waals surface area contributed by atoms with Gasteiger partial charge < -0.3 is 10.6 Å². The molecular weight excluding hydrogens is 302 g/mol. The molecule has 6 nitrogen and oxygen atoms in total. The fraction of sp³-hybridized carbons (Fsp3) is 0.533. The van der Waals surface area contributed by atoms with Crippen molar-refractivity contribution in [2.45, 2.75) is 30.7 Å². The van der Waals surface area contributed by atoms with Crippen LogP contribution < -0.4 is 10.6 Å². The van der Waals surface area contributed by atoms with Gasteiger partial charge in [-0.15, -0.1) is 0 Å². The van der Waals surface area contributed by atoms with Crippen LogP contribution >= 0.6 is 0 Å². The number of benzene rings is 1. The summed E-state index contributed by atoms with van der Waals surface area (Å²) in [6.07, 6.45) is 1.81. The van der Waals surface area contributed by atoms with Gasteiger partial charge >= 0.3 is 0 Å². The van der Waals surface area contributed by atoms with Crippen LogP contribution in [0.15, 0.2) is 29.2 Å². The lowest BCUT2D eigenvalue weighted by Gasteiger charge is -2.15. The molecule has 2 rings (SSSR count). The van der Waals surface area contributed by atoms with Gasteiger partial charge in [0.2, 0.25) is 10.0 Å². The summed E-state index contributed by atoms with van der Waals surface area (Å²) in [6.45, 7) is 3.63. The van der Waals surface area contributed by atoms with Crippen molar-refractivity contribution in [3.8, 4) is 0 Å². The Morgan fingerprint density at radius 1 is 1.23 bits per heavy atom. The van der Waals surface area contributed by atoms with Gasteiger partial charge in [0.25, 0.3) is 5.91 Å². The van der Waals surface area contributed by atoms with Crippen molar-refractivity contribution in [2.24, 2.45) is 0 Å². The van der Waals surface area contributed by atoms with Crippen LogP contribution in [0, 0.1) is 0 Å². The van der Waals surface area contributed by atoms with Crippen LogP contribution in [0.25, 0.3) is 0 Å². The monoisotopic (exact) mass is 325 g/mol. The fourth-order valence-electron chi connectivity index (χ4n) is 2.31. The molecule has 22 heavy (non-hydrogen) atoms. The quantitative estimate of drug-likeness (QED) is 0.811. The molecule has 1 fully saturated rings. The highest BCUT2D eigenvalue weighted by molar-refractivity contribution is 7.89. The molecule has 1 amide bonds. The largest absolute Gasteiger partial charge is 0.350 e. The van der Waals surface area contributed by atoms with Crippen molar-refractivity contribution in [3.05, 3.63) is 29.8 Å². The van der Waals surface area contributed by atoms with E-state index in [1.165, 1.54) is 16.4 Å². The van der Waals surface area contributed by atoms with Gasteiger partial charge in [0.05, 0.1) is 4.90 Å². The lowest BCUT2D eigenvalue weighted by atomic mass is 10.2. The van der Waals surface area contributed by atoms with Gasteiger partial charge in [-0.25, -0.2) is 8.42 Å². The van der Waals surface area contributed by atoms with Crippen LogP contribution in [-0.4, -0.2) is 51.4 Å². The Morgan fingerprint density at radius 2 is 1.82 bits per heavy atom. The number of carbonyl (C=O) groups is 1. The third kappa shape index (κ3) is 3.85. The van der Waals surface area contributed by atoms with Crippen LogP contribution in [0.2, 0.25) is 0 Å². The van der Waals surface area contributed by atoms with Gasteiger partial charge in [-0.1, -0.05) is 0 Å². The third-order valence-corrected chi connectivity index (χ3v) is 5.79. The molecule has 0 spiro atoms. The van der Waals surface area contributed by atoms with E-state index < -0.39 is 10.0 Å². The normalized spacial score (nSPS) is 17.4. The second-order valence-corrected chi connectivity index (χ2v) is 7.47. The Kier molecular flexibility index (Phi) is 5.55. The van der Waals surface area contributed by atoms with Gasteiger partial charge in [0.1, 0.15) is 0 Å². The minimum atomic E-state index is -3.42. The molecule has 1 unspecified atom stereocenters. The highest BCUT2D eigenvalue weighted by atomic mass is 32.2. The zero-order valence-electron chi connectivity index (χ0n) is 13.0. The predicted octanol–water partition coefficient (Wildman–Crippen LogP) is 0.809. The standard InChI is InChI=1S/C15H23N3O3S/c1-12(16-2)11-17-15(19)13-5-7-14(8-6-13)22(20,21)18-9-3-4-10-18/h5-8,12,16H,3-4,9-11H2,1-2H3,(H,17,19). The number of rotatable bonds is 6. The summed E-state index contributed by atoms with van der Waals surface area (Å²) in [5.74, 6) is -0.202. The number of carbonyl (C=O) groups excluding carboxylic acids is 1. The minimum absolute atomic E-state index is 0.179. The minimum Gasteiger partial charge on any atom is -0.350 e. The predicted molar refractivity (Wildman–Crippen MR) is 85.3 cm³/mol. The molecule has 122 valence electrons. The molecule has 0 aliphatic carbocycles. The van der Waals surface area contributed by atoms with E-state index >= 15 is 0 Å². The van der Waals surface area contributed by atoms with E-state index in [1.807, 2.05) is 14.0 Å². The summed E-state index contributed by atoms with van der Waals surface area (Å²) in [4.78, 5) is 12.2. The fourth-order valence-corrected chi connectivity index (χ4v) is 3.82. The molecule has 1 aliphatic rings. The molecule has 1 heterocycles. The molecule has 1 atom stereocenters. The molecule has 0 radical (unpaired) electrons. The van der Waals surface area contributed by atoms with Crippen molar-refractivity contribution in [1.29, 1.82) is 0 Å². The average Bonchev–Trinajstić information content (AvgIpc) is 3.07. The third-order valence-electron chi connectivity index (χ3n) is 3.88. The number of nitrogens with one attached hydrogen (secondary N) is 2. The molecular formula is C15H23N3O3S. The summed E-state index contributed by atoms with van der Waals surface area (Å²) >= 11 is 0. The maximum absolute atomic E-state index is 12.4. The summed E-state index contributed by atoms with van der Waals surface area (Å²) in [7, 11) is -1.59. The van der Waals surface area contributed by atoms with Crippen LogP contribution in [0.5, 0.6) is 0 Å². The molecule has 1 aromatic carbocycles. The second-order valence-electron chi connectivity index (χ2n) is 5.54. The highest BCUT2D eigenvalue weighted by Crippen LogP contribution is 2.21. The van der Waals surface area contributed by atoms with E-state index in [4.69, 9.17) is 0 Å². The Morgan fingerprint density at radius 3 is 2.36 bits per heavy atom. The van der Waals surface area contributed by atoms with E-state index in [0.717, 1.165) is 12.8 Å². The Bertz CT molecular complexity index is 607. The van der Waals surface area contributed by atoms with Crippen LogP contribution in [0.3, 0.4) is 0 Å². The molecule has 0 aromatic heterocycles. The van der Waals surface area contributed by atoms with Crippen molar-refractivity contribution >= 4 is 15.9 Å². The number of hydrogen-bond donors (Lipinski definition) is 2. The van der Waals surface area contributed by atoms with Gasteiger partial charge in [-0.05, 0) is 51.1 Å². The molecule has 0 saturated carbocycles. The van der Waals surface area contributed by atoms with Crippen molar-refractivity contribution in [2.75, 3.05) is 26.7 Å². The van der Waals surface area contributed by atoms with Gasteiger partial charge in [0.15, 0.2) is 0 Å². The first-order valence-corrected chi connectivity index (χ1v) is 8.95. The topological polar surface area (TPSA) is 78.5 Å². The average molecular weight is 325 g/mol. The van der Waals surface area contributed by atoms with E-state index in [9.17, 15) is 13.2 Å². The van der Waals surface area contributed by atoms with E-state index in [0.29, 0.717) is 25.2 Å². The highest BCUT2D eigenvalue weighted by Gasteiger charge is 2.27. The second kappa shape index (κ2) is 7.21. The Hall–Kier alpha value is -1.44. The zero-order valence-corrected chi connectivity index (χ0v) is 13.8. The first kappa shape index (κ1) is 16.9. The summed E-state index contributed by atoms with van der Waals surface area (Å²) in [5.41, 5.74) is 0.462. The van der Waals surface area contributed by atoms with Gasteiger partial charge in [-0.3, -0.25) is 4.79 Å².